The maximum Gasteiger partial charge on any atom is 0.410 e. The van der Waals surface area contributed by atoms with E-state index in [9.17, 15) is 4.79 Å². The van der Waals surface area contributed by atoms with Crippen molar-refractivity contribution in [1.29, 1.82) is 0 Å². The Kier molecular flexibility index (Phi) is 3.66. The number of hydrogen-bond acceptors (Lipinski definition) is 4. The highest BCUT2D eigenvalue weighted by molar-refractivity contribution is 5.74. The highest BCUT2D eigenvalue weighted by Crippen LogP contribution is 2.22. The lowest BCUT2D eigenvalue weighted by molar-refractivity contribution is 0.0264. The van der Waals surface area contributed by atoms with Crippen LogP contribution in [0.2, 0.25) is 0 Å². The van der Waals surface area contributed by atoms with Crippen LogP contribution in [0.15, 0.2) is 28.9 Å². The van der Waals surface area contributed by atoms with Crippen LogP contribution >= 0.6 is 0 Å². The molecule has 5 heteroatoms. The summed E-state index contributed by atoms with van der Waals surface area (Å²) in [6.07, 6.45) is 3.19. The zero-order valence-corrected chi connectivity index (χ0v) is 11.6. The van der Waals surface area contributed by atoms with Gasteiger partial charge in [0.2, 0.25) is 0 Å². The van der Waals surface area contributed by atoms with Gasteiger partial charge in [-0.05, 0) is 32.9 Å². The lowest BCUT2D eigenvalue weighted by Crippen LogP contribution is -2.46. The van der Waals surface area contributed by atoms with Crippen molar-refractivity contribution in [2.45, 2.75) is 32.4 Å². The van der Waals surface area contributed by atoms with Gasteiger partial charge in [-0.25, -0.2) is 4.79 Å². The first-order valence-electron chi connectivity index (χ1n) is 6.33. The minimum atomic E-state index is -0.507. The minimum absolute atomic E-state index is 0.207. The molecule has 1 aliphatic heterocycles. The SMILES string of the molecule is CC(C)(C)OC(=O)N1CC(c2ccco2)=CC(N)C1. The molecule has 0 aliphatic carbocycles. The molecule has 0 saturated heterocycles. The van der Waals surface area contributed by atoms with Crippen LogP contribution in [0.5, 0.6) is 0 Å². The third-order valence-corrected chi connectivity index (χ3v) is 2.70. The summed E-state index contributed by atoms with van der Waals surface area (Å²) in [4.78, 5) is 13.7. The van der Waals surface area contributed by atoms with E-state index in [2.05, 4.69) is 0 Å². The number of amides is 1. The second-order valence-electron chi connectivity index (χ2n) is 5.69. The Bertz CT molecular complexity index is 471. The first-order valence-corrected chi connectivity index (χ1v) is 6.33. The number of hydrogen-bond donors (Lipinski definition) is 1. The molecule has 1 aromatic heterocycles. The van der Waals surface area contributed by atoms with Crippen molar-refractivity contribution in [2.24, 2.45) is 5.73 Å². The maximum atomic E-state index is 12.1. The number of furan rings is 1. The number of nitrogens with zero attached hydrogens (tertiary/aromatic N) is 1. The summed E-state index contributed by atoms with van der Waals surface area (Å²) in [5.41, 5.74) is 6.36. The third-order valence-electron chi connectivity index (χ3n) is 2.70. The minimum Gasteiger partial charge on any atom is -0.465 e. The molecule has 0 aromatic carbocycles. The van der Waals surface area contributed by atoms with E-state index >= 15 is 0 Å². The average Bonchev–Trinajstić information content (AvgIpc) is 2.79. The van der Waals surface area contributed by atoms with E-state index in [0.717, 1.165) is 11.3 Å². The van der Waals surface area contributed by atoms with Gasteiger partial charge in [-0.2, -0.15) is 0 Å². The van der Waals surface area contributed by atoms with Crippen LogP contribution in [0.4, 0.5) is 4.79 Å². The van der Waals surface area contributed by atoms with Crippen molar-refractivity contribution >= 4 is 11.7 Å². The van der Waals surface area contributed by atoms with E-state index < -0.39 is 5.60 Å². The van der Waals surface area contributed by atoms with Crippen molar-refractivity contribution < 1.29 is 13.9 Å². The molecular weight excluding hydrogens is 244 g/mol. The molecule has 5 nitrogen and oxygen atoms in total. The van der Waals surface area contributed by atoms with Gasteiger partial charge in [-0.1, -0.05) is 6.08 Å². The van der Waals surface area contributed by atoms with Crippen LogP contribution in [0, 0.1) is 0 Å². The van der Waals surface area contributed by atoms with Gasteiger partial charge in [-0.3, -0.25) is 0 Å². The van der Waals surface area contributed by atoms with E-state index in [1.165, 1.54) is 0 Å². The smallest absolute Gasteiger partial charge is 0.410 e. The number of ether oxygens (including phenoxy) is 1. The molecule has 2 N–H and O–H groups in total. The molecule has 1 atom stereocenters. The summed E-state index contributed by atoms with van der Waals surface area (Å²) >= 11 is 0. The van der Waals surface area contributed by atoms with Crippen molar-refractivity contribution in [2.75, 3.05) is 13.1 Å². The first-order chi connectivity index (χ1) is 8.85. The number of nitrogens with two attached hydrogens (primary N) is 1. The number of rotatable bonds is 1. The van der Waals surface area contributed by atoms with Crippen molar-refractivity contribution in [3.8, 4) is 0 Å². The predicted molar refractivity (Wildman–Crippen MR) is 72.5 cm³/mol. The maximum absolute atomic E-state index is 12.1. The fourth-order valence-corrected chi connectivity index (χ4v) is 1.98. The van der Waals surface area contributed by atoms with Gasteiger partial charge in [0.05, 0.1) is 12.8 Å². The van der Waals surface area contributed by atoms with Gasteiger partial charge in [0.25, 0.3) is 0 Å². The Hall–Kier alpha value is -1.75. The number of carbonyl (C=O) groups is 1. The lowest BCUT2D eigenvalue weighted by Gasteiger charge is -2.32. The molecule has 1 aliphatic rings. The summed E-state index contributed by atoms with van der Waals surface area (Å²) in [6, 6.07) is 3.46. The topological polar surface area (TPSA) is 68.7 Å². The van der Waals surface area contributed by atoms with Crippen LogP contribution < -0.4 is 5.73 Å². The first kappa shape index (κ1) is 13.7. The van der Waals surface area contributed by atoms with Crippen LogP contribution in [0.25, 0.3) is 5.57 Å². The molecule has 2 heterocycles. The Morgan fingerprint density at radius 2 is 2.26 bits per heavy atom. The summed E-state index contributed by atoms with van der Waals surface area (Å²) < 4.78 is 10.7. The summed E-state index contributed by atoms with van der Waals surface area (Å²) in [6.45, 7) is 6.45. The zero-order valence-electron chi connectivity index (χ0n) is 11.6. The Balaban J connectivity index is 2.10. The second-order valence-corrected chi connectivity index (χ2v) is 5.69. The highest BCUT2D eigenvalue weighted by atomic mass is 16.6. The van der Waals surface area contributed by atoms with Gasteiger partial charge >= 0.3 is 6.09 Å². The molecule has 1 amide bonds. The van der Waals surface area contributed by atoms with Crippen LogP contribution in [-0.2, 0) is 4.74 Å². The largest absolute Gasteiger partial charge is 0.465 e. The van der Waals surface area contributed by atoms with E-state index in [-0.39, 0.29) is 12.1 Å². The van der Waals surface area contributed by atoms with Crippen LogP contribution in [0.1, 0.15) is 26.5 Å². The molecule has 0 radical (unpaired) electrons. The van der Waals surface area contributed by atoms with Gasteiger partial charge in [-0.15, -0.1) is 0 Å². The monoisotopic (exact) mass is 264 g/mol. The quantitative estimate of drug-likeness (QED) is 0.844. The number of carbonyl (C=O) groups excluding carboxylic acids is 1. The third kappa shape index (κ3) is 3.61. The fraction of sp³-hybridized carbons (Fsp3) is 0.500. The van der Waals surface area contributed by atoms with E-state index in [1.54, 1.807) is 11.2 Å². The lowest BCUT2D eigenvalue weighted by atomic mass is 10.1. The van der Waals surface area contributed by atoms with E-state index in [1.807, 2.05) is 39.0 Å². The Morgan fingerprint density at radius 3 is 2.84 bits per heavy atom. The Labute approximate surface area is 113 Å². The molecule has 0 spiro atoms. The molecule has 19 heavy (non-hydrogen) atoms. The molecule has 2 rings (SSSR count). The summed E-state index contributed by atoms with van der Waals surface area (Å²) in [5, 5.41) is 0. The molecule has 1 aromatic rings. The standard InChI is InChI=1S/C14H20N2O3/c1-14(2,3)19-13(17)16-8-10(7-11(15)9-16)12-5-4-6-18-12/h4-7,11H,8-9,15H2,1-3H3. The van der Waals surface area contributed by atoms with Crippen LogP contribution in [0.3, 0.4) is 0 Å². The van der Waals surface area contributed by atoms with Crippen LogP contribution in [-0.4, -0.2) is 35.7 Å². The molecule has 0 bridgehead atoms. The molecule has 1 unspecified atom stereocenters. The van der Waals surface area contributed by atoms with Crippen molar-refractivity contribution in [1.82, 2.24) is 4.90 Å². The van der Waals surface area contributed by atoms with E-state index in [4.69, 9.17) is 14.9 Å². The van der Waals surface area contributed by atoms with Gasteiger partial charge in [0, 0.05) is 18.2 Å². The second kappa shape index (κ2) is 5.09. The normalized spacial score (nSPS) is 20.1. The molecule has 0 saturated carbocycles. The molecule has 104 valence electrons. The summed E-state index contributed by atoms with van der Waals surface area (Å²) in [5.74, 6) is 0.740. The van der Waals surface area contributed by atoms with Gasteiger partial charge < -0.3 is 19.8 Å². The van der Waals surface area contributed by atoms with Gasteiger partial charge in [0.15, 0.2) is 0 Å². The molecular formula is C14H20N2O3. The average molecular weight is 264 g/mol. The summed E-state index contributed by atoms with van der Waals surface area (Å²) in [7, 11) is 0. The Morgan fingerprint density at radius 1 is 1.53 bits per heavy atom. The predicted octanol–water partition coefficient (Wildman–Crippen LogP) is 2.24. The van der Waals surface area contributed by atoms with E-state index in [0.29, 0.717) is 13.1 Å². The zero-order chi connectivity index (χ0) is 14.0. The van der Waals surface area contributed by atoms with Gasteiger partial charge in [0.1, 0.15) is 11.4 Å². The molecule has 0 fully saturated rings. The van der Waals surface area contributed by atoms with Crippen molar-refractivity contribution in [3.05, 3.63) is 30.2 Å². The highest BCUT2D eigenvalue weighted by Gasteiger charge is 2.27. The fourth-order valence-electron chi connectivity index (χ4n) is 1.98. The van der Waals surface area contributed by atoms with Crippen molar-refractivity contribution in [3.63, 3.8) is 0 Å².